The summed E-state index contributed by atoms with van der Waals surface area (Å²) in [7, 11) is 0. The summed E-state index contributed by atoms with van der Waals surface area (Å²) in [5, 5.41) is 12.1. The average Bonchev–Trinajstić information content (AvgIpc) is 2.97. The van der Waals surface area contributed by atoms with Gasteiger partial charge in [0.05, 0.1) is 5.56 Å². The zero-order valence-corrected chi connectivity index (χ0v) is 12.0. The molecule has 0 radical (unpaired) electrons. The predicted octanol–water partition coefficient (Wildman–Crippen LogP) is 3.70. The highest BCUT2D eigenvalue weighted by Crippen LogP contribution is 2.29. The molecule has 1 aliphatic rings. The summed E-state index contributed by atoms with van der Waals surface area (Å²) in [5.41, 5.74) is 2.72. The third-order valence-corrected chi connectivity index (χ3v) is 4.22. The van der Waals surface area contributed by atoms with Crippen LogP contribution in [0.4, 0.5) is 0 Å². The molecule has 1 N–H and O–H groups in total. The first-order valence-electron chi connectivity index (χ1n) is 7.30. The lowest BCUT2D eigenvalue weighted by atomic mass is 10.1. The van der Waals surface area contributed by atoms with Gasteiger partial charge in [-0.05, 0) is 34.0 Å². The highest BCUT2D eigenvalue weighted by molar-refractivity contribution is 6.01. The molecule has 3 aromatic rings. The van der Waals surface area contributed by atoms with Crippen LogP contribution >= 0.6 is 0 Å². The van der Waals surface area contributed by atoms with Crippen molar-refractivity contribution in [3.05, 3.63) is 77.4 Å². The van der Waals surface area contributed by atoms with Gasteiger partial charge in [-0.2, -0.15) is 0 Å². The molecule has 0 fully saturated rings. The van der Waals surface area contributed by atoms with Crippen LogP contribution in [-0.2, 0) is 13.1 Å². The van der Waals surface area contributed by atoms with Gasteiger partial charge in [-0.3, -0.25) is 4.79 Å². The third-order valence-electron chi connectivity index (χ3n) is 4.22. The topological polar surface area (TPSA) is 40.5 Å². The minimum absolute atomic E-state index is 0.0413. The SMILES string of the molecule is O=C(c1cc2ccccc2cc1O)N1Cc2ccccc2C1. The van der Waals surface area contributed by atoms with Crippen LogP contribution in [0.25, 0.3) is 10.8 Å². The quantitative estimate of drug-likeness (QED) is 0.742. The summed E-state index contributed by atoms with van der Waals surface area (Å²) < 4.78 is 0. The molecule has 22 heavy (non-hydrogen) atoms. The standard InChI is InChI=1S/C19H15NO2/c21-18-10-14-6-2-1-5-13(14)9-17(18)19(22)20-11-15-7-3-4-8-16(15)12-20/h1-10,21H,11-12H2. The van der Waals surface area contributed by atoms with Gasteiger partial charge < -0.3 is 10.0 Å². The normalized spacial score (nSPS) is 13.4. The van der Waals surface area contributed by atoms with Crippen LogP contribution in [0.3, 0.4) is 0 Å². The molecule has 0 aliphatic carbocycles. The first-order valence-corrected chi connectivity index (χ1v) is 7.30. The largest absolute Gasteiger partial charge is 0.507 e. The minimum atomic E-state index is -0.126. The molecular formula is C19H15NO2. The second-order valence-corrected chi connectivity index (χ2v) is 5.65. The molecule has 1 heterocycles. The molecule has 4 rings (SSSR count). The highest BCUT2D eigenvalue weighted by Gasteiger charge is 2.25. The fraction of sp³-hybridized carbons (Fsp3) is 0.105. The summed E-state index contributed by atoms with van der Waals surface area (Å²) in [5.74, 6) is -0.0842. The monoisotopic (exact) mass is 289 g/mol. The van der Waals surface area contributed by atoms with E-state index in [-0.39, 0.29) is 11.7 Å². The summed E-state index contributed by atoms with van der Waals surface area (Å²) in [6.45, 7) is 1.20. The molecule has 0 saturated carbocycles. The van der Waals surface area contributed by atoms with Crippen LogP contribution in [-0.4, -0.2) is 15.9 Å². The van der Waals surface area contributed by atoms with Crippen molar-refractivity contribution < 1.29 is 9.90 Å². The molecule has 0 spiro atoms. The van der Waals surface area contributed by atoms with E-state index in [1.807, 2.05) is 48.5 Å². The van der Waals surface area contributed by atoms with Crippen molar-refractivity contribution in [2.75, 3.05) is 0 Å². The number of phenols is 1. The number of fused-ring (bicyclic) bond motifs is 2. The van der Waals surface area contributed by atoms with Gasteiger partial charge in [0.25, 0.3) is 5.91 Å². The Kier molecular flexibility index (Phi) is 2.86. The van der Waals surface area contributed by atoms with Crippen LogP contribution in [0, 0.1) is 0 Å². The number of hydrogen-bond acceptors (Lipinski definition) is 2. The number of phenolic OH excluding ortho intramolecular Hbond substituents is 1. The molecule has 3 heteroatoms. The maximum absolute atomic E-state index is 12.7. The number of hydrogen-bond donors (Lipinski definition) is 1. The van der Waals surface area contributed by atoms with Crippen molar-refractivity contribution >= 4 is 16.7 Å². The van der Waals surface area contributed by atoms with E-state index < -0.39 is 0 Å². The molecule has 0 bridgehead atoms. The summed E-state index contributed by atoms with van der Waals surface area (Å²) in [4.78, 5) is 14.5. The molecule has 3 nitrogen and oxygen atoms in total. The van der Waals surface area contributed by atoms with E-state index in [0.717, 1.165) is 10.8 Å². The molecule has 1 amide bonds. The Morgan fingerprint density at radius 1 is 0.864 bits per heavy atom. The van der Waals surface area contributed by atoms with E-state index >= 15 is 0 Å². The van der Waals surface area contributed by atoms with Crippen LogP contribution in [0.5, 0.6) is 5.75 Å². The van der Waals surface area contributed by atoms with Gasteiger partial charge in [-0.25, -0.2) is 0 Å². The third kappa shape index (κ3) is 2.02. The zero-order valence-electron chi connectivity index (χ0n) is 12.0. The Morgan fingerprint density at radius 2 is 1.41 bits per heavy atom. The van der Waals surface area contributed by atoms with Gasteiger partial charge in [-0.1, -0.05) is 48.5 Å². The Bertz CT molecular complexity index is 860. The molecule has 0 aromatic heterocycles. The van der Waals surface area contributed by atoms with Crippen LogP contribution < -0.4 is 0 Å². The van der Waals surface area contributed by atoms with Gasteiger partial charge in [0.2, 0.25) is 0 Å². The number of aromatic hydroxyl groups is 1. The predicted molar refractivity (Wildman–Crippen MR) is 85.6 cm³/mol. The summed E-state index contributed by atoms with van der Waals surface area (Å²) >= 11 is 0. The Morgan fingerprint density at radius 3 is 2.05 bits per heavy atom. The van der Waals surface area contributed by atoms with Gasteiger partial charge >= 0.3 is 0 Å². The fourth-order valence-corrected chi connectivity index (χ4v) is 3.05. The molecular weight excluding hydrogens is 274 g/mol. The first kappa shape index (κ1) is 12.9. The fourth-order valence-electron chi connectivity index (χ4n) is 3.05. The number of amides is 1. The van der Waals surface area contributed by atoms with Crippen molar-refractivity contribution in [1.29, 1.82) is 0 Å². The summed E-state index contributed by atoms with van der Waals surface area (Å²) in [6.07, 6.45) is 0. The molecule has 0 atom stereocenters. The molecule has 0 unspecified atom stereocenters. The number of benzene rings is 3. The molecule has 0 saturated heterocycles. The highest BCUT2D eigenvalue weighted by atomic mass is 16.3. The minimum Gasteiger partial charge on any atom is -0.507 e. The van der Waals surface area contributed by atoms with Crippen LogP contribution in [0.1, 0.15) is 21.5 Å². The van der Waals surface area contributed by atoms with Crippen molar-refractivity contribution in [3.8, 4) is 5.75 Å². The maximum atomic E-state index is 12.7. The first-order chi connectivity index (χ1) is 10.7. The lowest BCUT2D eigenvalue weighted by molar-refractivity contribution is 0.0748. The summed E-state index contributed by atoms with van der Waals surface area (Å²) in [6, 6.07) is 19.2. The van der Waals surface area contributed by atoms with Crippen LogP contribution in [0.2, 0.25) is 0 Å². The van der Waals surface area contributed by atoms with Gasteiger partial charge in [0.15, 0.2) is 0 Å². The Labute approximate surface area is 128 Å². The van der Waals surface area contributed by atoms with E-state index in [9.17, 15) is 9.90 Å². The van der Waals surface area contributed by atoms with E-state index in [1.54, 1.807) is 17.0 Å². The molecule has 3 aromatic carbocycles. The van der Waals surface area contributed by atoms with E-state index in [1.165, 1.54) is 11.1 Å². The number of carbonyl (C=O) groups excluding carboxylic acids is 1. The lowest BCUT2D eigenvalue weighted by Gasteiger charge is -2.16. The number of nitrogens with zero attached hydrogens (tertiary/aromatic N) is 1. The van der Waals surface area contributed by atoms with Crippen molar-refractivity contribution in [1.82, 2.24) is 4.90 Å². The Balaban J connectivity index is 1.71. The maximum Gasteiger partial charge on any atom is 0.258 e. The van der Waals surface area contributed by atoms with Gasteiger partial charge in [-0.15, -0.1) is 0 Å². The van der Waals surface area contributed by atoms with Gasteiger partial charge in [0, 0.05) is 13.1 Å². The molecule has 1 aliphatic heterocycles. The zero-order chi connectivity index (χ0) is 15.1. The lowest BCUT2D eigenvalue weighted by Crippen LogP contribution is -2.25. The number of rotatable bonds is 1. The van der Waals surface area contributed by atoms with E-state index in [0.29, 0.717) is 18.7 Å². The van der Waals surface area contributed by atoms with Gasteiger partial charge in [0.1, 0.15) is 5.75 Å². The number of carbonyl (C=O) groups is 1. The van der Waals surface area contributed by atoms with Crippen molar-refractivity contribution in [3.63, 3.8) is 0 Å². The van der Waals surface area contributed by atoms with Crippen molar-refractivity contribution in [2.24, 2.45) is 0 Å². The average molecular weight is 289 g/mol. The second-order valence-electron chi connectivity index (χ2n) is 5.65. The smallest absolute Gasteiger partial charge is 0.258 e. The van der Waals surface area contributed by atoms with Crippen molar-refractivity contribution in [2.45, 2.75) is 13.1 Å². The van der Waals surface area contributed by atoms with Crippen LogP contribution in [0.15, 0.2) is 60.7 Å². The Hall–Kier alpha value is -2.81. The van der Waals surface area contributed by atoms with E-state index in [2.05, 4.69) is 0 Å². The second kappa shape index (κ2) is 4.88. The van der Waals surface area contributed by atoms with E-state index in [4.69, 9.17) is 0 Å². The molecule has 108 valence electrons.